The SMILES string of the molecule is COc1ccc(C[C@@H]2NC(=O)[C@H]([C@@H](C)O)NC(=O)[C@@H]3[C@@H]4CCN3C(=O)[C@@H]3Cc5cn(c6ccc(F)cc56)Cc5cn(nn5)CCC(Cc5cccc(c5)CCNC(=O)[C@]5(C)CCCN5C2=O)C(=O)CCC(=O)N[C@@H](C)C(=O)C[C@H](CNC(=O)CCOCCOCC[N+](C)(C)C)C(=O)N[C@@H](Cc2cccc(c2)CNC(=O)CO4)C(=O)N3)cc1. The van der Waals surface area contributed by atoms with E-state index < -0.39 is 162 Å². The quantitative estimate of drug-likeness (QED) is 0.0518. The number of benzene rings is 4. The highest BCUT2D eigenvalue weighted by atomic mass is 19.1. The summed E-state index contributed by atoms with van der Waals surface area (Å²) in [4.78, 5) is 182. The largest absolute Gasteiger partial charge is 0.497 e. The molecule has 5 aliphatic heterocycles. The summed E-state index contributed by atoms with van der Waals surface area (Å²) in [5.41, 5.74) is 2.82. The first-order chi connectivity index (χ1) is 56.0. The lowest BCUT2D eigenvalue weighted by atomic mass is 9.89. The standard InChI is InChI=1S/C84H108FN15O17/c1-51-70(103)43-59(46-88-72(104)26-33-115-35-36-116-34-32-100(4,5)6)77(107)90-65-41-56-13-9-14-57(38-56)45-87-74(106)50-117-71-25-31-98-76(71)80(110)93-75(52(2)101)79(109)92-66(40-54-15-18-63(114-7)19-16-54)82(112)99-29-10-27-84(99,3)83(113)86-28-23-53-11-8-12-55(37-53)39-58(69(102)21-22-73(105)89-51)24-30-97-49-62(94-95-97)48-96-47-60(42-67(81(98)111)91-78(65)108)64-44-61(85)17-20-68(64)96/h8-9,11-20,37-38,44,47,49,51-52,58-59,65-67,71,75-76,101H,10,21-36,39-43,45-46,48,50H2,1-7H3,(H7-,86,87,88,89,90,91,92,93,104,105,106,107,108,109,110,113)/p+1/t51-,52+,58?,59+,65-,66-,67-,71-,75-,76-,84-/m0/s1. The van der Waals surface area contributed by atoms with Crippen LogP contribution in [-0.4, -0.2) is 258 Å². The van der Waals surface area contributed by atoms with Gasteiger partial charge in [-0.05, 0) is 123 Å². The summed E-state index contributed by atoms with van der Waals surface area (Å²) in [5.74, 6) is -11.2. The van der Waals surface area contributed by atoms with Crippen LogP contribution in [-0.2, 0) is 123 Å². The van der Waals surface area contributed by atoms with Crippen LogP contribution < -0.4 is 47.3 Å². The van der Waals surface area contributed by atoms with Crippen LogP contribution >= 0.6 is 0 Å². The molecular weight excluding hydrogens is 1510 g/mol. The minimum atomic E-state index is -1.88. The second-order valence-corrected chi connectivity index (χ2v) is 32.3. The van der Waals surface area contributed by atoms with Gasteiger partial charge in [0, 0.05) is 107 Å². The number of nitrogens with one attached hydrogen (secondary N) is 8. The summed E-state index contributed by atoms with van der Waals surface area (Å²) in [5, 5.41) is 43.4. The molecule has 14 bridgehead atoms. The highest BCUT2D eigenvalue weighted by molar-refractivity contribution is 6.00. The number of amides is 10. The van der Waals surface area contributed by atoms with E-state index in [1.807, 2.05) is 45.4 Å². The number of aromatic nitrogens is 4. The van der Waals surface area contributed by atoms with Crippen molar-refractivity contribution in [3.05, 3.63) is 148 Å². The molecule has 2 saturated heterocycles. The molecule has 32 nitrogen and oxygen atoms in total. The molecule has 0 spiro atoms. The summed E-state index contributed by atoms with van der Waals surface area (Å²) in [6.45, 7) is 4.87. The normalized spacial score (nSPS) is 24.7. The lowest BCUT2D eigenvalue weighted by Gasteiger charge is -2.37. The van der Waals surface area contributed by atoms with Gasteiger partial charge in [0.25, 0.3) is 0 Å². The molecule has 5 aliphatic rings. The van der Waals surface area contributed by atoms with Gasteiger partial charge in [0.2, 0.25) is 59.1 Å². The van der Waals surface area contributed by atoms with E-state index >= 15 is 33.2 Å². The molecule has 628 valence electrons. The molecule has 9 N–H and O–H groups in total. The average molecular weight is 1620 g/mol. The van der Waals surface area contributed by atoms with Gasteiger partial charge in [-0.25, -0.2) is 4.39 Å². The summed E-state index contributed by atoms with van der Waals surface area (Å²) in [6, 6.07) is 15.3. The fraction of sp³-hybridized carbons (Fsp3) is 0.524. The number of quaternary nitrogens is 1. The Labute approximate surface area is 678 Å². The Kier molecular flexibility index (Phi) is 29.6. The third kappa shape index (κ3) is 23.5. The summed E-state index contributed by atoms with van der Waals surface area (Å²) in [7, 11) is 7.60. The Balaban J connectivity index is 1.02. The van der Waals surface area contributed by atoms with Gasteiger partial charge < -0.3 is 85.4 Å². The third-order valence-corrected chi connectivity index (χ3v) is 22.3. The number of fused-ring (bicyclic) bond motifs is 10. The number of rotatable bonds is 15. The van der Waals surface area contributed by atoms with Gasteiger partial charge in [0.15, 0.2) is 5.78 Å². The van der Waals surface area contributed by atoms with Crippen molar-refractivity contribution in [2.45, 2.75) is 178 Å². The van der Waals surface area contributed by atoms with Crippen molar-refractivity contribution in [2.75, 3.05) is 94.0 Å². The Bertz CT molecular complexity index is 4600. The second-order valence-electron chi connectivity index (χ2n) is 32.3. The van der Waals surface area contributed by atoms with E-state index in [-0.39, 0.29) is 128 Å². The predicted molar refractivity (Wildman–Crippen MR) is 424 cm³/mol. The van der Waals surface area contributed by atoms with Gasteiger partial charge in [-0.2, -0.15) is 0 Å². The number of ketones is 2. The number of aliphatic hydroxyl groups excluding tert-OH is 1. The van der Waals surface area contributed by atoms with E-state index in [4.69, 9.17) is 18.9 Å². The first-order valence-corrected chi connectivity index (χ1v) is 40.2. The van der Waals surface area contributed by atoms with Crippen LogP contribution in [0.2, 0.25) is 0 Å². The lowest BCUT2D eigenvalue weighted by Crippen LogP contribution is -2.64. The summed E-state index contributed by atoms with van der Waals surface area (Å²) in [6.07, 6.45) is -0.702. The number of carbonyl (C=O) groups excluding carboxylic acids is 12. The topological polar surface area (TPSA) is 400 Å². The monoisotopic (exact) mass is 1620 g/mol. The van der Waals surface area contributed by atoms with Gasteiger partial charge in [0.05, 0.1) is 91.6 Å². The second kappa shape index (κ2) is 39.9. The van der Waals surface area contributed by atoms with Gasteiger partial charge in [-0.3, -0.25) is 62.2 Å². The smallest absolute Gasteiger partial charge is 0.246 e. The highest BCUT2D eigenvalue weighted by Gasteiger charge is 2.50. The van der Waals surface area contributed by atoms with Gasteiger partial charge >= 0.3 is 0 Å². The van der Waals surface area contributed by atoms with Gasteiger partial charge in [0.1, 0.15) is 71.9 Å². The maximum atomic E-state index is 16.3. The first kappa shape index (κ1) is 87.0. The van der Waals surface area contributed by atoms with Crippen molar-refractivity contribution in [3.63, 3.8) is 0 Å². The molecule has 2 aromatic heterocycles. The van der Waals surface area contributed by atoms with Crippen molar-refractivity contribution >= 4 is 81.5 Å². The molecule has 117 heavy (non-hydrogen) atoms. The number of hydrogen-bond donors (Lipinski definition) is 9. The fourth-order valence-corrected chi connectivity index (χ4v) is 15.6. The van der Waals surface area contributed by atoms with Crippen molar-refractivity contribution in [3.8, 4) is 5.75 Å². The molecule has 0 saturated carbocycles. The number of halogens is 1. The fourth-order valence-electron chi connectivity index (χ4n) is 15.6. The van der Waals surface area contributed by atoms with Crippen LogP contribution in [0.15, 0.2) is 103 Å². The number of aryl methyl sites for hydroxylation is 1. The summed E-state index contributed by atoms with van der Waals surface area (Å²) < 4.78 is 43.1. The minimum Gasteiger partial charge on any atom is -0.497 e. The zero-order valence-corrected chi connectivity index (χ0v) is 67.5. The molecule has 7 heterocycles. The Morgan fingerprint density at radius 3 is 2.20 bits per heavy atom. The van der Waals surface area contributed by atoms with E-state index in [9.17, 15) is 33.9 Å². The number of carbonyl (C=O) groups is 12. The average Bonchev–Trinajstić information content (AvgIpc) is 1.67. The van der Waals surface area contributed by atoms with Crippen LogP contribution in [0, 0.1) is 17.7 Å². The number of Topliss-reactive ketones (excluding diaryl/α,β-unsaturated/α-hetero) is 2. The molecule has 11 atom stereocenters. The number of ether oxygens (including phenoxy) is 4. The number of likely N-dealkylation sites (N-methyl/N-ethyl adjacent to an activating group) is 1. The zero-order valence-electron chi connectivity index (χ0n) is 67.5. The molecule has 10 amide bonds. The van der Waals surface area contributed by atoms with Crippen LogP contribution in [0.3, 0.4) is 0 Å². The van der Waals surface area contributed by atoms with Gasteiger partial charge in [-0.1, -0.05) is 65.9 Å². The molecule has 0 aliphatic carbocycles. The van der Waals surface area contributed by atoms with Crippen LogP contribution in [0.4, 0.5) is 4.39 Å². The van der Waals surface area contributed by atoms with E-state index in [0.29, 0.717) is 63.1 Å². The third-order valence-electron chi connectivity index (χ3n) is 22.3. The van der Waals surface area contributed by atoms with Crippen LogP contribution in [0.5, 0.6) is 5.75 Å². The number of nitrogens with zero attached hydrogens (tertiary/aromatic N) is 7. The van der Waals surface area contributed by atoms with Crippen molar-refractivity contribution in [2.24, 2.45) is 11.8 Å². The number of hydrogen-bond acceptors (Lipinski definition) is 19. The van der Waals surface area contributed by atoms with Crippen LogP contribution in [0.25, 0.3) is 10.9 Å². The van der Waals surface area contributed by atoms with E-state index in [0.717, 1.165) is 22.6 Å². The summed E-state index contributed by atoms with van der Waals surface area (Å²) >= 11 is 0. The van der Waals surface area contributed by atoms with Crippen LogP contribution in [0.1, 0.15) is 111 Å². The van der Waals surface area contributed by atoms with E-state index in [2.05, 4.69) is 52.8 Å². The molecule has 2 fully saturated rings. The highest BCUT2D eigenvalue weighted by Crippen LogP contribution is 2.33. The Morgan fingerprint density at radius 1 is 0.718 bits per heavy atom. The molecular formula is C84H109FN15O17+. The van der Waals surface area contributed by atoms with Crippen molar-refractivity contribution < 1.29 is 90.5 Å². The molecule has 0 radical (unpaired) electrons. The number of aliphatic hydroxyl groups is 1. The maximum Gasteiger partial charge on any atom is 0.246 e. The molecule has 4 aromatic carbocycles. The maximum absolute atomic E-state index is 16.3. The van der Waals surface area contributed by atoms with E-state index in [1.165, 1.54) is 44.1 Å². The molecule has 1 unspecified atom stereocenters. The zero-order chi connectivity index (χ0) is 83.7. The minimum absolute atomic E-state index is 0.0151. The first-order valence-electron chi connectivity index (χ1n) is 40.2. The Hall–Kier alpha value is -10.9. The molecule has 33 heteroatoms. The number of methoxy groups -OCH3 is 1. The van der Waals surface area contributed by atoms with E-state index in [1.54, 1.807) is 77.1 Å². The van der Waals surface area contributed by atoms with Crippen molar-refractivity contribution in [1.82, 2.24) is 71.9 Å². The molecule has 6 aromatic rings. The van der Waals surface area contributed by atoms with Crippen molar-refractivity contribution in [1.29, 1.82) is 0 Å². The Morgan fingerprint density at radius 2 is 1.44 bits per heavy atom. The van der Waals surface area contributed by atoms with Gasteiger partial charge in [-0.15, -0.1) is 5.10 Å². The lowest BCUT2D eigenvalue weighted by molar-refractivity contribution is -0.870. The molecule has 11 rings (SSSR count). The predicted octanol–water partition coefficient (Wildman–Crippen LogP) is 1.38.